The number of hydrogen-bond donors (Lipinski definition) is 3. The summed E-state index contributed by atoms with van der Waals surface area (Å²) >= 11 is 0. The SMILES string of the molecule is CC(=O)Nc1ccc(C(=O)N(CCCCCCC2Cc3cc(O)ccc3C3C(F)C[C@]4(C)C(O)CCC4C23)CC2CCCCC2)cc1. The predicted octanol–water partition coefficient (Wildman–Crippen LogP) is 8.41. The minimum Gasteiger partial charge on any atom is -0.508 e. The summed E-state index contributed by atoms with van der Waals surface area (Å²) in [6.45, 7) is 5.15. The van der Waals surface area contributed by atoms with Crippen LogP contribution in [0.15, 0.2) is 42.5 Å². The van der Waals surface area contributed by atoms with Gasteiger partial charge in [-0.1, -0.05) is 51.5 Å². The second-order valence-corrected chi connectivity index (χ2v) is 15.6. The number of phenolic OH excluding ortho intramolecular Hbond substituents is 1. The van der Waals surface area contributed by atoms with Crippen molar-refractivity contribution in [3.63, 3.8) is 0 Å². The van der Waals surface area contributed by atoms with Crippen LogP contribution in [0.1, 0.15) is 125 Å². The first-order chi connectivity index (χ1) is 22.6. The Kier molecular flexibility index (Phi) is 10.6. The molecule has 0 saturated heterocycles. The van der Waals surface area contributed by atoms with Crippen LogP contribution < -0.4 is 5.32 Å². The molecule has 0 heterocycles. The van der Waals surface area contributed by atoms with Crippen molar-refractivity contribution in [1.29, 1.82) is 0 Å². The number of nitrogens with one attached hydrogen (secondary N) is 1. The molecule has 0 aliphatic heterocycles. The average Bonchev–Trinajstić information content (AvgIpc) is 3.34. The zero-order valence-corrected chi connectivity index (χ0v) is 28.4. The number of nitrogens with zero attached hydrogens (tertiary/aromatic N) is 1. The molecule has 6 rings (SSSR count). The van der Waals surface area contributed by atoms with Gasteiger partial charge in [-0.3, -0.25) is 9.59 Å². The van der Waals surface area contributed by atoms with E-state index in [1.54, 1.807) is 18.2 Å². The van der Waals surface area contributed by atoms with Crippen LogP contribution in [-0.4, -0.2) is 52.3 Å². The van der Waals surface area contributed by atoms with Gasteiger partial charge in [0.2, 0.25) is 5.91 Å². The second-order valence-electron chi connectivity index (χ2n) is 15.6. The number of amides is 2. The molecule has 3 N–H and O–H groups in total. The third kappa shape index (κ3) is 7.40. The first-order valence-corrected chi connectivity index (χ1v) is 18.4. The Morgan fingerprint density at radius 1 is 0.979 bits per heavy atom. The number of aliphatic hydroxyl groups is 1. The van der Waals surface area contributed by atoms with E-state index in [2.05, 4.69) is 17.1 Å². The van der Waals surface area contributed by atoms with E-state index >= 15 is 4.39 Å². The molecule has 7 atom stereocenters. The quantitative estimate of drug-likeness (QED) is 0.214. The molecule has 2 amide bonds. The van der Waals surface area contributed by atoms with Gasteiger partial charge >= 0.3 is 0 Å². The summed E-state index contributed by atoms with van der Waals surface area (Å²) in [4.78, 5) is 27.2. The second kappa shape index (κ2) is 14.7. The van der Waals surface area contributed by atoms with Crippen LogP contribution in [0.3, 0.4) is 0 Å². The minimum atomic E-state index is -0.977. The molecular formula is C40H55FN2O4. The largest absolute Gasteiger partial charge is 0.508 e. The summed E-state index contributed by atoms with van der Waals surface area (Å²) in [6.07, 6.45) is 12.9. The van der Waals surface area contributed by atoms with Crippen molar-refractivity contribution in [1.82, 2.24) is 4.90 Å². The molecule has 256 valence electrons. The van der Waals surface area contributed by atoms with E-state index in [-0.39, 0.29) is 34.8 Å². The first kappa shape index (κ1) is 34.0. The number of rotatable bonds is 11. The molecule has 7 heteroatoms. The van der Waals surface area contributed by atoms with Crippen LogP contribution in [0, 0.1) is 29.1 Å². The van der Waals surface area contributed by atoms with Crippen LogP contribution in [0.5, 0.6) is 5.75 Å². The topological polar surface area (TPSA) is 89.9 Å². The summed E-state index contributed by atoms with van der Waals surface area (Å²) in [6, 6.07) is 12.8. The highest BCUT2D eigenvalue weighted by molar-refractivity contribution is 5.95. The van der Waals surface area contributed by atoms with Crippen molar-refractivity contribution in [2.75, 3.05) is 18.4 Å². The van der Waals surface area contributed by atoms with Gasteiger partial charge in [0.25, 0.3) is 5.91 Å². The normalized spacial score (nSPS) is 30.2. The highest BCUT2D eigenvalue weighted by Crippen LogP contribution is 2.63. The maximum atomic E-state index is 16.1. The van der Waals surface area contributed by atoms with Crippen LogP contribution in [0.4, 0.5) is 10.1 Å². The minimum absolute atomic E-state index is 0.0694. The summed E-state index contributed by atoms with van der Waals surface area (Å²) in [5.74, 6) is 1.49. The standard InChI is InChI=1S/C40H55FN2O4/c1-26(44)42-31-15-13-28(14-16-31)39(47)43(25-27-10-6-5-7-11-27)21-9-4-3-8-12-29-22-30-23-32(45)17-18-33(30)38-35(41)24-40(2)34(37(29)38)19-20-36(40)46/h13-18,23,27,29,34-38,45-46H,3-12,19-22,24-25H2,1-2H3,(H,42,44)/t29?,34?,35?,36?,37?,38?,40-/m0/s1. The van der Waals surface area contributed by atoms with Crippen LogP contribution in [0.25, 0.3) is 0 Å². The third-order valence-corrected chi connectivity index (χ3v) is 12.5. The molecule has 6 unspecified atom stereocenters. The lowest BCUT2D eigenvalue weighted by atomic mass is 9.51. The van der Waals surface area contributed by atoms with E-state index < -0.39 is 12.3 Å². The van der Waals surface area contributed by atoms with Crippen molar-refractivity contribution in [3.05, 3.63) is 59.2 Å². The maximum Gasteiger partial charge on any atom is 0.253 e. The Balaban J connectivity index is 1.07. The number of unbranched alkanes of at least 4 members (excludes halogenated alkanes) is 3. The van der Waals surface area contributed by atoms with E-state index in [0.29, 0.717) is 35.4 Å². The van der Waals surface area contributed by atoms with Gasteiger partial charge < -0.3 is 20.4 Å². The van der Waals surface area contributed by atoms with Gasteiger partial charge in [0.1, 0.15) is 11.9 Å². The number of carbonyl (C=O) groups is 2. The lowest BCUT2D eigenvalue weighted by Crippen LogP contribution is -2.51. The Labute approximate surface area is 280 Å². The predicted molar refractivity (Wildman–Crippen MR) is 184 cm³/mol. The molecule has 0 spiro atoms. The van der Waals surface area contributed by atoms with Crippen LogP contribution in [-0.2, 0) is 11.2 Å². The van der Waals surface area contributed by atoms with Gasteiger partial charge in [-0.05, 0) is 128 Å². The molecule has 3 saturated carbocycles. The maximum absolute atomic E-state index is 16.1. The molecule has 4 aliphatic carbocycles. The molecule has 4 aliphatic rings. The van der Waals surface area contributed by atoms with E-state index in [4.69, 9.17) is 0 Å². The molecule has 3 fully saturated rings. The van der Waals surface area contributed by atoms with E-state index in [1.807, 2.05) is 24.3 Å². The van der Waals surface area contributed by atoms with E-state index in [0.717, 1.165) is 75.6 Å². The monoisotopic (exact) mass is 646 g/mol. The molecule has 6 nitrogen and oxygen atoms in total. The third-order valence-electron chi connectivity index (χ3n) is 12.5. The fraction of sp³-hybridized carbons (Fsp3) is 0.650. The Hall–Kier alpha value is -2.93. The van der Waals surface area contributed by atoms with E-state index in [9.17, 15) is 19.8 Å². The first-order valence-electron chi connectivity index (χ1n) is 18.4. The number of fused-ring (bicyclic) bond motifs is 5. The van der Waals surface area contributed by atoms with Gasteiger partial charge in [0.05, 0.1) is 6.10 Å². The zero-order chi connectivity index (χ0) is 33.1. The molecular weight excluding hydrogens is 591 g/mol. The van der Waals surface area contributed by atoms with Crippen LogP contribution in [0.2, 0.25) is 0 Å². The fourth-order valence-electron chi connectivity index (χ4n) is 10.1. The molecule has 0 bridgehead atoms. The van der Waals surface area contributed by atoms with Gasteiger partial charge in [-0.2, -0.15) is 0 Å². The fourth-order valence-corrected chi connectivity index (χ4v) is 10.1. The lowest BCUT2D eigenvalue weighted by Gasteiger charge is -2.54. The van der Waals surface area contributed by atoms with E-state index in [1.165, 1.54) is 39.0 Å². The highest BCUT2D eigenvalue weighted by Gasteiger charge is 2.59. The van der Waals surface area contributed by atoms with Crippen molar-refractivity contribution >= 4 is 17.5 Å². The van der Waals surface area contributed by atoms with Gasteiger partial charge in [0, 0.05) is 37.2 Å². The number of phenols is 1. The number of aliphatic hydroxyl groups excluding tert-OH is 1. The van der Waals surface area contributed by atoms with Crippen molar-refractivity contribution < 1.29 is 24.2 Å². The summed E-state index contributed by atoms with van der Waals surface area (Å²) < 4.78 is 16.1. The Bertz CT molecular complexity index is 1390. The average molecular weight is 647 g/mol. The van der Waals surface area contributed by atoms with Gasteiger partial charge in [-0.15, -0.1) is 0 Å². The number of aromatic hydroxyl groups is 1. The molecule has 0 aromatic heterocycles. The number of anilines is 1. The molecule has 47 heavy (non-hydrogen) atoms. The Morgan fingerprint density at radius 2 is 1.72 bits per heavy atom. The molecule has 2 aromatic rings. The Morgan fingerprint density at radius 3 is 2.47 bits per heavy atom. The zero-order valence-electron chi connectivity index (χ0n) is 28.4. The van der Waals surface area contributed by atoms with Crippen molar-refractivity contribution in [2.24, 2.45) is 29.1 Å². The van der Waals surface area contributed by atoms with Gasteiger partial charge in [-0.25, -0.2) is 4.39 Å². The molecule has 0 radical (unpaired) electrons. The number of halogens is 1. The smallest absolute Gasteiger partial charge is 0.253 e. The number of alkyl halides is 1. The summed E-state index contributed by atoms with van der Waals surface area (Å²) in [5.41, 5.74) is 3.18. The number of benzene rings is 2. The highest BCUT2D eigenvalue weighted by atomic mass is 19.1. The van der Waals surface area contributed by atoms with Crippen molar-refractivity contribution in [3.8, 4) is 5.75 Å². The van der Waals surface area contributed by atoms with Gasteiger partial charge in [0.15, 0.2) is 0 Å². The number of hydrogen-bond acceptors (Lipinski definition) is 4. The van der Waals surface area contributed by atoms with Crippen LogP contribution >= 0.6 is 0 Å². The summed E-state index contributed by atoms with van der Waals surface area (Å²) in [7, 11) is 0. The number of carbonyl (C=O) groups excluding carboxylic acids is 2. The summed E-state index contributed by atoms with van der Waals surface area (Å²) in [5, 5.41) is 24.0. The van der Waals surface area contributed by atoms with Crippen molar-refractivity contribution in [2.45, 2.75) is 122 Å². The molecule has 2 aromatic carbocycles. The lowest BCUT2D eigenvalue weighted by molar-refractivity contribution is -0.114.